The zero-order valence-electron chi connectivity index (χ0n) is 14.9. The molecule has 0 amide bonds. The first-order valence-electron chi connectivity index (χ1n) is 7.12. The number of nitrogens with zero attached hydrogens (tertiary/aromatic N) is 2. The number of aliphatic hydroxyl groups excluding tert-OH is 1. The van der Waals surface area contributed by atoms with E-state index < -0.39 is 41.8 Å². The number of aliphatic hydroxyl groups is 1. The van der Waals surface area contributed by atoms with E-state index in [0.717, 1.165) is 18.0 Å². The summed E-state index contributed by atoms with van der Waals surface area (Å²) in [4.78, 5) is 38.8. The minimum Gasteiger partial charge on any atom is -0.458 e. The Balaban J connectivity index is 0.00000841. The van der Waals surface area contributed by atoms with Crippen molar-refractivity contribution in [1.29, 1.82) is 0 Å². The Morgan fingerprint density at radius 1 is 1.30 bits per heavy atom. The van der Waals surface area contributed by atoms with Crippen molar-refractivity contribution in [1.82, 2.24) is 9.55 Å². The standard InChI is InChI=1S/C10H17FN3O11P3S.U/c1-10(11,6-14-4-2-8(12)13-9(14)29)7(15)3-5-23-27(19,20)25-28(21,22)24-26(16,17)18;/h2-4,6-7,15H,5H2,1H3,(H,19,20)(H,21,22)(H2,12,13,29)(H2,16,17,18);/q-2;+2/t7-,10?;/m0./s1. The van der Waals surface area contributed by atoms with Crippen molar-refractivity contribution in [2.75, 3.05) is 12.3 Å². The summed E-state index contributed by atoms with van der Waals surface area (Å²) in [6, 6.07) is 1.31. The molecule has 1 aromatic rings. The Labute approximate surface area is 198 Å². The maximum atomic E-state index is 14.7. The average Bonchev–Trinajstić information content (AvgIpc) is 2.45. The Bertz CT molecular complexity index is 928. The van der Waals surface area contributed by atoms with Gasteiger partial charge in [0.25, 0.3) is 0 Å². The monoisotopic (exact) mass is 737 g/mol. The molecule has 14 nitrogen and oxygen atoms in total. The molecular formula is C10H17FN3O11P3SU. The van der Waals surface area contributed by atoms with E-state index in [4.69, 9.17) is 32.6 Å². The summed E-state index contributed by atoms with van der Waals surface area (Å²) < 4.78 is 60.0. The fourth-order valence-electron chi connectivity index (χ4n) is 1.63. The first kappa shape index (κ1) is 30.3. The number of anilines is 1. The van der Waals surface area contributed by atoms with Gasteiger partial charge in [-0.1, -0.05) is 25.4 Å². The summed E-state index contributed by atoms with van der Waals surface area (Å²) in [7, 11) is -16.6. The van der Waals surface area contributed by atoms with Crippen molar-refractivity contribution in [3.05, 3.63) is 30.0 Å². The molecule has 4 atom stereocenters. The van der Waals surface area contributed by atoms with E-state index >= 15 is 0 Å². The van der Waals surface area contributed by atoms with Crippen LogP contribution in [0.15, 0.2) is 12.3 Å². The minimum absolute atomic E-state index is 0. The van der Waals surface area contributed by atoms with Crippen LogP contribution in [0, 0.1) is 48.8 Å². The molecule has 0 aliphatic carbocycles. The number of alkyl halides is 1. The fraction of sp³-hybridized carbons (Fsp3) is 0.400. The number of halogens is 1. The number of phosphoric ester groups is 1. The van der Waals surface area contributed by atoms with Crippen molar-refractivity contribution >= 4 is 41.5 Å². The summed E-state index contributed by atoms with van der Waals surface area (Å²) in [6.07, 6.45) is -0.000888. The van der Waals surface area contributed by atoms with E-state index in [1.807, 2.05) is 0 Å². The van der Waals surface area contributed by atoms with Gasteiger partial charge in [-0.3, -0.25) is 15.8 Å². The number of rotatable bonds is 11. The minimum atomic E-state index is -5.68. The van der Waals surface area contributed by atoms with Crippen molar-refractivity contribution in [2.45, 2.75) is 18.7 Å². The van der Waals surface area contributed by atoms with Gasteiger partial charge >= 0.3 is 54.6 Å². The molecule has 0 radical (unpaired) electrons. The van der Waals surface area contributed by atoms with Crippen LogP contribution in [-0.2, 0) is 26.8 Å². The van der Waals surface area contributed by atoms with Crippen LogP contribution in [0.4, 0.5) is 10.2 Å². The van der Waals surface area contributed by atoms with Gasteiger partial charge in [0.05, 0.1) is 10.4 Å². The molecule has 3 unspecified atom stereocenters. The third-order valence-electron chi connectivity index (χ3n) is 2.79. The van der Waals surface area contributed by atoms with E-state index in [0.29, 0.717) is 6.42 Å². The number of phosphoric acid groups is 3. The predicted molar refractivity (Wildman–Crippen MR) is 96.8 cm³/mol. The van der Waals surface area contributed by atoms with Gasteiger partial charge in [0.1, 0.15) is 5.82 Å². The van der Waals surface area contributed by atoms with Gasteiger partial charge in [0.2, 0.25) is 0 Å². The van der Waals surface area contributed by atoms with Gasteiger partial charge < -0.3 is 39.5 Å². The molecule has 1 heterocycles. The van der Waals surface area contributed by atoms with Crippen LogP contribution in [-0.4, -0.2) is 52.6 Å². The van der Waals surface area contributed by atoms with E-state index in [2.05, 4.69) is 18.1 Å². The van der Waals surface area contributed by atoms with Gasteiger partial charge in [-0.15, -0.1) is 12.2 Å². The van der Waals surface area contributed by atoms with Crippen molar-refractivity contribution in [3.63, 3.8) is 0 Å². The molecule has 0 aliphatic rings. The molecule has 7 N–H and O–H groups in total. The molecule has 30 heavy (non-hydrogen) atoms. The summed E-state index contributed by atoms with van der Waals surface area (Å²) in [6.45, 7) is 0.786. The summed E-state index contributed by atoms with van der Waals surface area (Å²) in [5, 5.41) is 9.89. The second-order valence-corrected chi connectivity index (χ2v) is 10.2. The molecule has 0 fully saturated rings. The Morgan fingerprint density at radius 2 is 1.87 bits per heavy atom. The van der Waals surface area contributed by atoms with Crippen LogP contribution < -0.4 is 5.73 Å². The van der Waals surface area contributed by atoms with Crippen molar-refractivity contribution in [2.24, 2.45) is 0 Å². The average molecular weight is 737 g/mol. The quantitative estimate of drug-likeness (QED) is 0.105. The van der Waals surface area contributed by atoms with E-state index in [-0.39, 0.29) is 41.7 Å². The first-order chi connectivity index (χ1) is 12.9. The molecule has 1 aromatic heterocycles. The number of nitrogens with two attached hydrogens (primary N) is 1. The molecule has 0 saturated carbocycles. The van der Waals surface area contributed by atoms with Crippen LogP contribution in [0.5, 0.6) is 0 Å². The molecule has 0 saturated heterocycles. The van der Waals surface area contributed by atoms with Crippen LogP contribution in [0.2, 0.25) is 0 Å². The van der Waals surface area contributed by atoms with Gasteiger partial charge in [0.15, 0.2) is 0 Å². The number of aromatic nitrogens is 2. The number of nitrogen functional groups attached to an aromatic ring is 1. The zero-order chi connectivity index (χ0) is 22.7. The van der Waals surface area contributed by atoms with Gasteiger partial charge in [0, 0.05) is 0 Å². The molecule has 0 spiro atoms. The van der Waals surface area contributed by atoms with Crippen LogP contribution in [0.3, 0.4) is 0 Å². The summed E-state index contributed by atoms with van der Waals surface area (Å²) in [5.41, 5.74) is 2.92. The second kappa shape index (κ2) is 11.5. The Morgan fingerprint density at radius 3 is 2.37 bits per heavy atom. The van der Waals surface area contributed by atoms with E-state index in [9.17, 15) is 28.1 Å². The maximum absolute atomic E-state index is 14.7. The van der Waals surface area contributed by atoms with E-state index in [1.54, 1.807) is 0 Å². The molecule has 170 valence electrons. The molecule has 20 heteroatoms. The molecule has 0 bridgehead atoms. The fourth-order valence-corrected chi connectivity index (χ4v) is 4.82. The smallest absolute Gasteiger partial charge is 0.458 e. The normalized spacial score (nSPS) is 18.9. The molecule has 1 rings (SSSR count). The van der Waals surface area contributed by atoms with E-state index in [1.165, 1.54) is 12.3 Å². The first-order valence-corrected chi connectivity index (χ1v) is 12.0. The molecule has 0 aromatic carbocycles. The third kappa shape index (κ3) is 11.3. The predicted octanol–water partition coefficient (Wildman–Crippen LogP) is 0.841. The maximum Gasteiger partial charge on any atom is 2.00 e. The summed E-state index contributed by atoms with van der Waals surface area (Å²) in [5.74, 6) is 0.0864. The SMILES string of the molecule is CC(F)([CH-]n1ccc(N)nc1=S)[C@@H](O)[CH-]COP(=O)(O)OP(=O)(O)OP(=O)(O)O.[U+2]. The van der Waals surface area contributed by atoms with Gasteiger partial charge in [-0.2, -0.15) is 8.62 Å². The largest absolute Gasteiger partial charge is 2.00 e. The Hall–Kier alpha value is 0.322. The van der Waals surface area contributed by atoms with Crippen molar-refractivity contribution < 1.29 is 87.0 Å². The van der Waals surface area contributed by atoms with Crippen LogP contribution >= 0.6 is 35.7 Å². The summed E-state index contributed by atoms with van der Waals surface area (Å²) >= 11 is 4.87. The van der Waals surface area contributed by atoms with Crippen molar-refractivity contribution in [3.8, 4) is 0 Å². The molecule has 0 aliphatic heterocycles. The second-order valence-electron chi connectivity index (χ2n) is 5.39. The van der Waals surface area contributed by atoms with Crippen LogP contribution in [0.25, 0.3) is 0 Å². The van der Waals surface area contributed by atoms with Gasteiger partial charge in [-0.25, -0.2) is 13.7 Å². The topological polar surface area (TPSA) is 224 Å². The zero-order valence-corrected chi connectivity index (χ0v) is 22.5. The Kier molecular flexibility index (Phi) is 11.6. The third-order valence-corrected chi connectivity index (χ3v) is 6.90. The molecular weight excluding hydrogens is 720 g/mol. The number of hydrogen-bond acceptors (Lipinski definition) is 10. The van der Waals surface area contributed by atoms with Gasteiger partial charge in [-0.05, 0) is 13.0 Å². The van der Waals surface area contributed by atoms with Crippen LogP contribution in [0.1, 0.15) is 6.92 Å². The number of hydrogen-bond donors (Lipinski definition) is 6.